The summed E-state index contributed by atoms with van der Waals surface area (Å²) in [6, 6.07) is 3.95. The summed E-state index contributed by atoms with van der Waals surface area (Å²) >= 11 is 6.90. The molecule has 0 bridgehead atoms. The van der Waals surface area contributed by atoms with Gasteiger partial charge in [-0.25, -0.2) is 9.78 Å². The van der Waals surface area contributed by atoms with Crippen molar-refractivity contribution in [1.82, 2.24) is 24.9 Å². The SMILES string of the molecule is COC(=O)NC1CCN(c2cc(N)cc(Nc3nc(NC4CC4)c4ncc(N)n4n3)c2Cl)CC1(C)C. The number of piperidine rings is 1. The first kappa shape index (κ1) is 24.0. The summed E-state index contributed by atoms with van der Waals surface area (Å²) in [6.07, 6.45) is 4.02. The molecule has 13 heteroatoms. The molecule has 1 aromatic carbocycles. The molecule has 7 N–H and O–H groups in total. The molecular formula is C23H31ClN10O2. The number of carbonyl (C=O) groups is 1. The van der Waals surface area contributed by atoms with Crippen LogP contribution >= 0.6 is 11.6 Å². The molecule has 12 nitrogen and oxygen atoms in total. The van der Waals surface area contributed by atoms with Gasteiger partial charge in [0.05, 0.1) is 29.7 Å². The van der Waals surface area contributed by atoms with Gasteiger partial charge >= 0.3 is 6.09 Å². The van der Waals surface area contributed by atoms with E-state index in [1.165, 1.54) is 7.11 Å². The lowest BCUT2D eigenvalue weighted by Crippen LogP contribution is -2.55. The van der Waals surface area contributed by atoms with Gasteiger partial charge in [-0.2, -0.15) is 9.50 Å². The van der Waals surface area contributed by atoms with E-state index in [0.29, 0.717) is 58.8 Å². The molecule has 2 fully saturated rings. The average Bonchev–Trinajstić information content (AvgIpc) is 3.57. The monoisotopic (exact) mass is 514 g/mol. The molecule has 0 spiro atoms. The Balaban J connectivity index is 1.42. The number of hydrogen-bond acceptors (Lipinski definition) is 10. The number of anilines is 6. The number of ether oxygens (including phenoxy) is 1. The molecule has 36 heavy (non-hydrogen) atoms. The number of aromatic nitrogens is 4. The topological polar surface area (TPSA) is 161 Å². The Hall–Kier alpha value is -3.67. The molecule has 3 aromatic rings. The van der Waals surface area contributed by atoms with E-state index in [9.17, 15) is 4.79 Å². The van der Waals surface area contributed by atoms with Crippen LogP contribution in [-0.4, -0.2) is 58.0 Å². The van der Waals surface area contributed by atoms with E-state index in [-0.39, 0.29) is 11.5 Å². The molecule has 2 aliphatic rings. The van der Waals surface area contributed by atoms with E-state index >= 15 is 0 Å². The van der Waals surface area contributed by atoms with Crippen LogP contribution in [0.5, 0.6) is 0 Å². The normalized spacial score (nSPS) is 19.2. The quantitative estimate of drug-likeness (QED) is 0.309. The van der Waals surface area contributed by atoms with E-state index in [0.717, 1.165) is 24.9 Å². The van der Waals surface area contributed by atoms with Crippen molar-refractivity contribution < 1.29 is 9.53 Å². The van der Waals surface area contributed by atoms with Gasteiger partial charge in [0.2, 0.25) is 5.95 Å². The lowest BCUT2D eigenvalue weighted by Gasteiger charge is -2.45. The summed E-state index contributed by atoms with van der Waals surface area (Å²) in [6.45, 7) is 5.55. The lowest BCUT2D eigenvalue weighted by atomic mass is 9.79. The van der Waals surface area contributed by atoms with Crippen LogP contribution in [0.2, 0.25) is 5.02 Å². The van der Waals surface area contributed by atoms with Gasteiger partial charge in [0, 0.05) is 36.3 Å². The highest BCUT2D eigenvalue weighted by atomic mass is 35.5. The number of rotatable bonds is 6. The summed E-state index contributed by atoms with van der Waals surface area (Å²) in [5.41, 5.74) is 14.6. The van der Waals surface area contributed by atoms with Gasteiger partial charge in [-0.05, 0) is 31.4 Å². The van der Waals surface area contributed by atoms with Crippen LogP contribution < -0.4 is 32.3 Å². The molecule has 1 saturated heterocycles. The number of methoxy groups -OCH3 is 1. The number of nitrogen functional groups attached to an aromatic ring is 2. The van der Waals surface area contributed by atoms with Crippen LogP contribution in [0.15, 0.2) is 18.3 Å². The predicted molar refractivity (Wildman–Crippen MR) is 141 cm³/mol. The van der Waals surface area contributed by atoms with Crippen LogP contribution in [0.4, 0.5) is 39.4 Å². The van der Waals surface area contributed by atoms with Crippen LogP contribution in [0.25, 0.3) is 5.65 Å². The number of amides is 1. The maximum atomic E-state index is 11.8. The van der Waals surface area contributed by atoms with Gasteiger partial charge in [0.25, 0.3) is 0 Å². The van der Waals surface area contributed by atoms with Gasteiger partial charge in [-0.3, -0.25) is 0 Å². The highest BCUT2D eigenvalue weighted by Gasteiger charge is 2.38. The summed E-state index contributed by atoms with van der Waals surface area (Å²) in [5, 5.41) is 14.5. The van der Waals surface area contributed by atoms with Crippen LogP contribution in [-0.2, 0) is 4.74 Å². The molecule has 192 valence electrons. The number of nitrogens with two attached hydrogens (primary N) is 2. The van der Waals surface area contributed by atoms with Crippen molar-refractivity contribution >= 4 is 58.0 Å². The molecule has 1 aliphatic carbocycles. The predicted octanol–water partition coefficient (Wildman–Crippen LogP) is 3.22. The van der Waals surface area contributed by atoms with Crippen molar-refractivity contribution in [1.29, 1.82) is 0 Å². The maximum Gasteiger partial charge on any atom is 0.407 e. The minimum atomic E-state index is -0.430. The number of nitrogens with one attached hydrogen (secondary N) is 3. The number of fused-ring (bicyclic) bond motifs is 1. The number of imidazole rings is 1. The van der Waals surface area contributed by atoms with Crippen LogP contribution in [0, 0.1) is 5.41 Å². The fraction of sp³-hybridized carbons (Fsp3) is 0.478. The number of benzene rings is 1. The number of halogens is 1. The first-order valence-electron chi connectivity index (χ1n) is 11.9. The highest BCUT2D eigenvalue weighted by Crippen LogP contribution is 2.40. The lowest BCUT2D eigenvalue weighted by molar-refractivity contribution is 0.143. The molecule has 5 rings (SSSR count). The van der Waals surface area contributed by atoms with Crippen molar-refractivity contribution in [2.24, 2.45) is 5.41 Å². The van der Waals surface area contributed by atoms with Crippen LogP contribution in [0.1, 0.15) is 33.1 Å². The van der Waals surface area contributed by atoms with Gasteiger partial charge in [-0.15, -0.1) is 5.10 Å². The zero-order valence-electron chi connectivity index (χ0n) is 20.5. The summed E-state index contributed by atoms with van der Waals surface area (Å²) in [5.74, 6) is 1.32. The number of carbonyl (C=O) groups excluding carboxylic acids is 1. The number of hydrogen-bond donors (Lipinski definition) is 5. The second-order valence-corrected chi connectivity index (χ2v) is 10.4. The smallest absolute Gasteiger partial charge is 0.407 e. The molecular weight excluding hydrogens is 484 g/mol. The number of alkyl carbamates (subject to hydrolysis) is 1. The van der Waals surface area contributed by atoms with Crippen LogP contribution in [0.3, 0.4) is 0 Å². The largest absolute Gasteiger partial charge is 0.453 e. The average molecular weight is 515 g/mol. The van der Waals surface area contributed by atoms with Crippen molar-refractivity contribution in [2.75, 3.05) is 47.2 Å². The zero-order valence-corrected chi connectivity index (χ0v) is 21.3. The van der Waals surface area contributed by atoms with Crippen molar-refractivity contribution in [3.8, 4) is 0 Å². The summed E-state index contributed by atoms with van der Waals surface area (Å²) in [7, 11) is 1.37. The Labute approximate surface area is 213 Å². The van der Waals surface area contributed by atoms with E-state index in [2.05, 4.69) is 49.8 Å². The van der Waals surface area contributed by atoms with Gasteiger partial charge in [0.1, 0.15) is 5.82 Å². The summed E-state index contributed by atoms with van der Waals surface area (Å²) in [4.78, 5) is 22.9. The minimum absolute atomic E-state index is 0.0308. The highest BCUT2D eigenvalue weighted by molar-refractivity contribution is 6.36. The molecule has 1 aliphatic heterocycles. The molecule has 0 radical (unpaired) electrons. The Kier molecular flexibility index (Phi) is 6.07. The molecule has 1 amide bonds. The molecule has 1 unspecified atom stereocenters. The van der Waals surface area contributed by atoms with Gasteiger partial charge in [-0.1, -0.05) is 25.4 Å². The third kappa shape index (κ3) is 4.72. The Bertz CT molecular complexity index is 1310. The maximum absolute atomic E-state index is 11.8. The molecule has 2 aromatic heterocycles. The second-order valence-electron chi connectivity index (χ2n) is 10.0. The fourth-order valence-electron chi connectivity index (χ4n) is 4.57. The third-order valence-electron chi connectivity index (χ3n) is 6.68. The van der Waals surface area contributed by atoms with E-state index in [1.807, 2.05) is 6.07 Å². The Morgan fingerprint density at radius 2 is 2.03 bits per heavy atom. The van der Waals surface area contributed by atoms with Gasteiger partial charge in [0.15, 0.2) is 11.5 Å². The Morgan fingerprint density at radius 3 is 2.72 bits per heavy atom. The standard InChI is InChI=1S/C23H31ClN10O2/c1-23(2)11-33(7-6-16(23)30-22(35)36-3)15-9-12(25)8-14(18(15)24)29-21-31-19(28-13-4-5-13)20-27-10-17(26)34(20)32-21/h8-10,13,16H,4-7,11,25-26H2,1-3H3,(H,30,35)(H2,28,29,31,32). The zero-order chi connectivity index (χ0) is 25.6. The van der Waals surface area contributed by atoms with E-state index < -0.39 is 6.09 Å². The van der Waals surface area contributed by atoms with Crippen molar-refractivity contribution in [3.05, 3.63) is 23.4 Å². The number of nitrogens with zero attached hydrogens (tertiary/aromatic N) is 5. The van der Waals surface area contributed by atoms with Gasteiger partial charge < -0.3 is 37.1 Å². The third-order valence-corrected chi connectivity index (χ3v) is 7.07. The van der Waals surface area contributed by atoms with E-state index in [4.69, 9.17) is 27.8 Å². The molecule has 3 heterocycles. The van der Waals surface area contributed by atoms with Crippen molar-refractivity contribution in [2.45, 2.75) is 45.2 Å². The van der Waals surface area contributed by atoms with Crippen molar-refractivity contribution in [3.63, 3.8) is 0 Å². The van der Waals surface area contributed by atoms with E-state index in [1.54, 1.807) is 16.8 Å². The second kappa shape index (κ2) is 9.08. The molecule has 1 saturated carbocycles. The first-order chi connectivity index (χ1) is 17.1. The fourth-order valence-corrected chi connectivity index (χ4v) is 4.85. The molecule has 1 atom stereocenters. The first-order valence-corrected chi connectivity index (χ1v) is 12.3. The summed E-state index contributed by atoms with van der Waals surface area (Å²) < 4.78 is 6.33. The Morgan fingerprint density at radius 1 is 1.25 bits per heavy atom. The minimum Gasteiger partial charge on any atom is -0.453 e.